The van der Waals surface area contributed by atoms with Crippen molar-refractivity contribution >= 4 is 23.2 Å². The number of methoxy groups -OCH3 is 1. The number of alkyl halides is 3. The van der Waals surface area contributed by atoms with Crippen molar-refractivity contribution < 1.29 is 22.7 Å². The molecule has 0 fully saturated rings. The standard InChI is InChI=1S/C19H18F3N5O2S/c1-4-23-18(28)27-15-6-12(17-26-14(9-30-17)19(20,21)22)13(8-24-15)11-5-10(2)16(29-3)25-7-11/h5-9H,4H2,1-3H3,(H2,23,24,27,28). The molecule has 0 bridgehead atoms. The van der Waals surface area contributed by atoms with Gasteiger partial charge in [-0.3, -0.25) is 5.32 Å². The summed E-state index contributed by atoms with van der Waals surface area (Å²) < 4.78 is 44.3. The van der Waals surface area contributed by atoms with E-state index in [1.54, 1.807) is 26.1 Å². The third kappa shape index (κ3) is 4.67. The molecule has 3 rings (SSSR count). The predicted octanol–water partition coefficient (Wildman–Crippen LogP) is 4.74. The maximum Gasteiger partial charge on any atom is 0.434 e. The van der Waals surface area contributed by atoms with Gasteiger partial charge in [0.25, 0.3) is 0 Å². The highest BCUT2D eigenvalue weighted by Crippen LogP contribution is 2.38. The number of pyridine rings is 2. The lowest BCUT2D eigenvalue weighted by Crippen LogP contribution is -2.28. The molecule has 0 radical (unpaired) electrons. The summed E-state index contributed by atoms with van der Waals surface area (Å²) in [6.45, 7) is 3.97. The van der Waals surface area contributed by atoms with E-state index in [0.717, 1.165) is 22.3 Å². The Morgan fingerprint density at radius 1 is 1.20 bits per heavy atom. The fourth-order valence-corrected chi connectivity index (χ4v) is 3.56. The number of thiazole rings is 1. The van der Waals surface area contributed by atoms with Gasteiger partial charge in [0.2, 0.25) is 5.88 Å². The van der Waals surface area contributed by atoms with E-state index >= 15 is 0 Å². The number of aryl methyl sites for hydroxylation is 1. The molecular formula is C19H18F3N5O2S. The normalized spacial score (nSPS) is 11.3. The van der Waals surface area contributed by atoms with Gasteiger partial charge in [0, 0.05) is 46.6 Å². The smallest absolute Gasteiger partial charge is 0.434 e. The van der Waals surface area contributed by atoms with E-state index in [0.29, 0.717) is 29.1 Å². The van der Waals surface area contributed by atoms with Crippen molar-refractivity contribution in [3.8, 4) is 27.6 Å². The number of hydrogen-bond acceptors (Lipinski definition) is 6. The molecule has 30 heavy (non-hydrogen) atoms. The summed E-state index contributed by atoms with van der Waals surface area (Å²) in [6, 6.07) is 2.81. The van der Waals surface area contributed by atoms with Crippen LogP contribution in [-0.2, 0) is 6.18 Å². The Labute approximate surface area is 174 Å². The molecule has 3 aromatic rings. The molecule has 11 heteroatoms. The van der Waals surface area contributed by atoms with Crippen molar-refractivity contribution in [1.29, 1.82) is 0 Å². The molecule has 0 aliphatic carbocycles. The third-order valence-corrected chi connectivity index (χ3v) is 4.92. The summed E-state index contributed by atoms with van der Waals surface area (Å²) in [5, 5.41) is 6.22. The topological polar surface area (TPSA) is 89.0 Å². The van der Waals surface area contributed by atoms with Crippen molar-refractivity contribution in [2.75, 3.05) is 19.0 Å². The monoisotopic (exact) mass is 437 g/mol. The molecule has 0 aliphatic rings. The molecule has 0 spiro atoms. The van der Waals surface area contributed by atoms with Crippen LogP contribution in [0.5, 0.6) is 5.88 Å². The zero-order valence-electron chi connectivity index (χ0n) is 16.3. The Bertz CT molecular complexity index is 1070. The highest BCUT2D eigenvalue weighted by atomic mass is 32.1. The Morgan fingerprint density at radius 3 is 2.57 bits per heavy atom. The molecule has 7 nitrogen and oxygen atoms in total. The minimum Gasteiger partial charge on any atom is -0.481 e. The molecule has 2 amide bonds. The van der Waals surface area contributed by atoms with Crippen LogP contribution in [0.15, 0.2) is 29.9 Å². The van der Waals surface area contributed by atoms with E-state index in [-0.39, 0.29) is 10.8 Å². The molecule has 0 unspecified atom stereocenters. The van der Waals surface area contributed by atoms with Crippen LogP contribution in [0.25, 0.3) is 21.7 Å². The number of rotatable bonds is 5. The lowest BCUT2D eigenvalue weighted by atomic mass is 10.0. The van der Waals surface area contributed by atoms with Gasteiger partial charge in [-0.1, -0.05) is 0 Å². The number of carbonyl (C=O) groups is 1. The zero-order chi connectivity index (χ0) is 21.9. The molecular weight excluding hydrogens is 419 g/mol. The first kappa shape index (κ1) is 21.5. The Balaban J connectivity index is 2.11. The highest BCUT2D eigenvalue weighted by Gasteiger charge is 2.34. The fraction of sp³-hybridized carbons (Fsp3) is 0.263. The van der Waals surface area contributed by atoms with E-state index in [2.05, 4.69) is 25.6 Å². The van der Waals surface area contributed by atoms with E-state index < -0.39 is 17.9 Å². The van der Waals surface area contributed by atoms with Gasteiger partial charge in [-0.05, 0) is 26.0 Å². The van der Waals surface area contributed by atoms with Crippen molar-refractivity contribution in [2.24, 2.45) is 0 Å². The molecule has 3 heterocycles. The van der Waals surface area contributed by atoms with Gasteiger partial charge in [-0.25, -0.2) is 19.7 Å². The van der Waals surface area contributed by atoms with Crippen LogP contribution in [0.4, 0.5) is 23.8 Å². The summed E-state index contributed by atoms with van der Waals surface area (Å²) >= 11 is 0.856. The first-order chi connectivity index (χ1) is 14.2. The summed E-state index contributed by atoms with van der Waals surface area (Å²) in [7, 11) is 1.50. The average molecular weight is 437 g/mol. The summed E-state index contributed by atoms with van der Waals surface area (Å²) in [5.74, 6) is 0.623. The number of carbonyl (C=O) groups excluding carboxylic acids is 1. The van der Waals surface area contributed by atoms with Crippen LogP contribution in [0.1, 0.15) is 18.2 Å². The summed E-state index contributed by atoms with van der Waals surface area (Å²) in [6.07, 6.45) is -1.54. The van der Waals surface area contributed by atoms with Crippen LogP contribution in [0.2, 0.25) is 0 Å². The first-order valence-electron chi connectivity index (χ1n) is 8.82. The van der Waals surface area contributed by atoms with Gasteiger partial charge in [-0.15, -0.1) is 11.3 Å². The molecule has 3 aromatic heterocycles. The Hall–Kier alpha value is -3.21. The fourth-order valence-electron chi connectivity index (χ4n) is 2.70. The molecule has 0 atom stereocenters. The third-order valence-electron chi connectivity index (χ3n) is 4.04. The quantitative estimate of drug-likeness (QED) is 0.602. The van der Waals surface area contributed by atoms with Gasteiger partial charge >= 0.3 is 12.2 Å². The van der Waals surface area contributed by atoms with Crippen LogP contribution >= 0.6 is 11.3 Å². The number of nitrogens with zero attached hydrogens (tertiary/aromatic N) is 3. The molecule has 158 valence electrons. The second-order valence-corrected chi connectivity index (χ2v) is 7.04. The van der Waals surface area contributed by atoms with Crippen molar-refractivity contribution in [1.82, 2.24) is 20.3 Å². The van der Waals surface area contributed by atoms with E-state index in [1.807, 2.05) is 0 Å². The Kier molecular flexibility index (Phi) is 6.20. The second-order valence-electron chi connectivity index (χ2n) is 6.19. The zero-order valence-corrected chi connectivity index (χ0v) is 17.1. The maximum absolute atomic E-state index is 13.1. The van der Waals surface area contributed by atoms with Gasteiger partial charge < -0.3 is 10.1 Å². The number of halogens is 3. The van der Waals surface area contributed by atoms with Gasteiger partial charge in [0.15, 0.2) is 5.69 Å². The molecule has 0 saturated carbocycles. The van der Waals surface area contributed by atoms with Gasteiger partial charge in [-0.2, -0.15) is 13.2 Å². The lowest BCUT2D eigenvalue weighted by molar-refractivity contribution is -0.140. The number of ether oxygens (including phenoxy) is 1. The number of aromatic nitrogens is 3. The van der Waals surface area contributed by atoms with Crippen molar-refractivity contribution in [2.45, 2.75) is 20.0 Å². The SMILES string of the molecule is CCNC(=O)Nc1cc(-c2nc(C(F)(F)F)cs2)c(-c2cnc(OC)c(C)c2)cn1. The van der Waals surface area contributed by atoms with Gasteiger partial charge in [0.1, 0.15) is 10.8 Å². The molecule has 0 aromatic carbocycles. The van der Waals surface area contributed by atoms with Crippen molar-refractivity contribution in [3.05, 3.63) is 41.2 Å². The van der Waals surface area contributed by atoms with E-state index in [4.69, 9.17) is 4.74 Å². The number of hydrogen-bond donors (Lipinski definition) is 2. The molecule has 2 N–H and O–H groups in total. The highest BCUT2D eigenvalue weighted by molar-refractivity contribution is 7.13. The maximum atomic E-state index is 13.1. The minimum absolute atomic E-state index is 0.146. The van der Waals surface area contributed by atoms with Crippen LogP contribution in [0.3, 0.4) is 0 Å². The minimum atomic E-state index is -4.55. The molecule has 0 aliphatic heterocycles. The Morgan fingerprint density at radius 2 is 1.97 bits per heavy atom. The van der Waals surface area contributed by atoms with Gasteiger partial charge in [0.05, 0.1) is 7.11 Å². The summed E-state index contributed by atoms with van der Waals surface area (Å²) in [4.78, 5) is 24.0. The van der Waals surface area contributed by atoms with Crippen LogP contribution in [-0.4, -0.2) is 34.6 Å². The first-order valence-corrected chi connectivity index (χ1v) is 9.70. The number of anilines is 1. The van der Waals surface area contributed by atoms with E-state index in [9.17, 15) is 18.0 Å². The van der Waals surface area contributed by atoms with Crippen molar-refractivity contribution in [3.63, 3.8) is 0 Å². The summed E-state index contributed by atoms with van der Waals surface area (Å²) in [5.41, 5.74) is 1.32. The predicted molar refractivity (Wildman–Crippen MR) is 108 cm³/mol. The van der Waals surface area contributed by atoms with Crippen LogP contribution in [0, 0.1) is 6.92 Å². The second kappa shape index (κ2) is 8.66. The number of amides is 2. The number of nitrogens with one attached hydrogen (secondary N) is 2. The largest absolute Gasteiger partial charge is 0.481 e. The van der Waals surface area contributed by atoms with E-state index in [1.165, 1.54) is 19.4 Å². The van der Waals surface area contributed by atoms with Crippen LogP contribution < -0.4 is 15.4 Å². The molecule has 0 saturated heterocycles. The average Bonchev–Trinajstić information content (AvgIpc) is 3.19. The number of urea groups is 1. The lowest BCUT2D eigenvalue weighted by Gasteiger charge is -2.12.